The summed E-state index contributed by atoms with van der Waals surface area (Å²) in [5.74, 6) is 0.251. The number of amides is 1. The third kappa shape index (κ3) is 6.36. The molecule has 0 saturated carbocycles. The van der Waals surface area contributed by atoms with E-state index in [-0.39, 0.29) is 16.7 Å². The van der Waals surface area contributed by atoms with E-state index in [0.717, 1.165) is 62.4 Å². The van der Waals surface area contributed by atoms with Gasteiger partial charge in [-0.1, -0.05) is 17.4 Å². The second kappa shape index (κ2) is 10.4. The Bertz CT molecular complexity index is 1060. The Kier molecular flexibility index (Phi) is 7.58. The van der Waals surface area contributed by atoms with Crippen LogP contribution in [0.4, 0.5) is 13.2 Å². The fourth-order valence-electron chi connectivity index (χ4n) is 4.32. The summed E-state index contributed by atoms with van der Waals surface area (Å²) in [5, 5.41) is 2.00. The molecule has 0 bridgehead atoms. The average Bonchev–Trinajstić information content (AvgIpc) is 3.21. The summed E-state index contributed by atoms with van der Waals surface area (Å²) in [6, 6.07) is 4.62. The minimum Gasteiger partial charge on any atom is -0.460 e. The maximum atomic E-state index is 12.5. The quantitative estimate of drug-likeness (QED) is 0.631. The number of rotatable bonds is 7. The number of piperidine rings is 1. The highest BCUT2D eigenvalue weighted by molar-refractivity contribution is 7.13. The van der Waals surface area contributed by atoms with Gasteiger partial charge in [0.2, 0.25) is 0 Å². The van der Waals surface area contributed by atoms with Crippen molar-refractivity contribution in [2.75, 3.05) is 32.8 Å². The highest BCUT2D eigenvalue weighted by Gasteiger charge is 2.30. The van der Waals surface area contributed by atoms with Crippen molar-refractivity contribution in [3.8, 4) is 5.19 Å². The van der Waals surface area contributed by atoms with Gasteiger partial charge in [0.25, 0.3) is 16.7 Å². The van der Waals surface area contributed by atoms with E-state index in [2.05, 4.69) is 15.3 Å². The summed E-state index contributed by atoms with van der Waals surface area (Å²) in [5.41, 5.74) is 3.82. The molecular formula is C22H28F3N5O3S. The topological polar surface area (TPSA) is 79.7 Å². The minimum atomic E-state index is -4.36. The van der Waals surface area contributed by atoms with E-state index >= 15 is 0 Å². The van der Waals surface area contributed by atoms with Gasteiger partial charge in [0.05, 0.1) is 5.69 Å². The monoisotopic (exact) mass is 499 g/mol. The van der Waals surface area contributed by atoms with E-state index in [4.69, 9.17) is 4.74 Å². The van der Waals surface area contributed by atoms with Crippen LogP contribution in [0.2, 0.25) is 0 Å². The molecular weight excluding hydrogens is 471 g/mol. The molecule has 0 atom stereocenters. The molecule has 0 unspecified atom stereocenters. The Balaban J connectivity index is 1.19. The molecule has 0 spiro atoms. The molecule has 8 nitrogen and oxygen atoms in total. The van der Waals surface area contributed by atoms with Gasteiger partial charge in [0.15, 0.2) is 6.61 Å². The third-order valence-electron chi connectivity index (χ3n) is 6.29. The molecule has 4 rings (SSSR count). The predicted octanol–water partition coefficient (Wildman–Crippen LogP) is 2.59. The van der Waals surface area contributed by atoms with Crippen LogP contribution in [0.15, 0.2) is 23.0 Å². The number of hydrogen-bond acceptors (Lipinski definition) is 7. The zero-order valence-corrected chi connectivity index (χ0v) is 19.8. The van der Waals surface area contributed by atoms with Gasteiger partial charge in [-0.2, -0.15) is 13.2 Å². The number of pyridine rings is 1. The zero-order valence-electron chi connectivity index (χ0n) is 18.9. The number of alkyl halides is 3. The van der Waals surface area contributed by atoms with Gasteiger partial charge in [-0.3, -0.25) is 19.9 Å². The van der Waals surface area contributed by atoms with Gasteiger partial charge >= 0.3 is 6.18 Å². The average molecular weight is 500 g/mol. The predicted molar refractivity (Wildman–Crippen MR) is 121 cm³/mol. The van der Waals surface area contributed by atoms with Gasteiger partial charge in [0.1, 0.15) is 5.69 Å². The smallest absolute Gasteiger partial charge is 0.422 e. The van der Waals surface area contributed by atoms with E-state index in [0.29, 0.717) is 18.2 Å². The van der Waals surface area contributed by atoms with Crippen molar-refractivity contribution in [3.63, 3.8) is 0 Å². The molecule has 1 fully saturated rings. The molecule has 34 heavy (non-hydrogen) atoms. The van der Waals surface area contributed by atoms with Crippen molar-refractivity contribution >= 4 is 17.2 Å². The summed E-state index contributed by atoms with van der Waals surface area (Å²) in [6.45, 7) is 2.57. The molecule has 1 amide bonds. The van der Waals surface area contributed by atoms with Crippen molar-refractivity contribution in [1.29, 1.82) is 0 Å². The van der Waals surface area contributed by atoms with Crippen molar-refractivity contribution in [1.82, 2.24) is 24.9 Å². The number of nitrogens with zero attached hydrogens (tertiary/aromatic N) is 4. The lowest BCUT2D eigenvalue weighted by molar-refractivity contribution is -0.153. The van der Waals surface area contributed by atoms with Crippen LogP contribution in [0.25, 0.3) is 0 Å². The zero-order chi connectivity index (χ0) is 24.3. The first-order valence-corrected chi connectivity index (χ1v) is 12.1. The maximum Gasteiger partial charge on any atom is 0.422 e. The van der Waals surface area contributed by atoms with Crippen LogP contribution < -0.4 is 15.7 Å². The molecule has 4 heterocycles. The lowest BCUT2D eigenvalue weighted by Gasteiger charge is -2.33. The van der Waals surface area contributed by atoms with Crippen molar-refractivity contribution < 1.29 is 22.7 Å². The van der Waals surface area contributed by atoms with Gasteiger partial charge < -0.3 is 9.30 Å². The number of aromatic nitrogens is 2. The number of ether oxygens (including phenoxy) is 1. The van der Waals surface area contributed by atoms with E-state index in [9.17, 15) is 22.8 Å². The van der Waals surface area contributed by atoms with Crippen molar-refractivity contribution in [2.24, 2.45) is 13.0 Å². The van der Waals surface area contributed by atoms with Crippen molar-refractivity contribution in [3.05, 3.63) is 44.8 Å². The van der Waals surface area contributed by atoms with Crippen LogP contribution in [-0.2, 0) is 20.0 Å². The lowest BCUT2D eigenvalue weighted by Crippen LogP contribution is -2.47. The largest absolute Gasteiger partial charge is 0.460 e. The molecule has 0 aliphatic carbocycles. The minimum absolute atomic E-state index is 0.0918. The number of carbonyl (C=O) groups excluding carboxylic acids is 1. The number of hydrazine groups is 1. The molecule has 2 aromatic heterocycles. The molecule has 1 saturated heterocycles. The number of nitrogens with one attached hydrogen (secondary N) is 1. The number of fused-ring (bicyclic) bond motifs is 1. The highest BCUT2D eigenvalue weighted by atomic mass is 32.1. The van der Waals surface area contributed by atoms with Gasteiger partial charge in [0, 0.05) is 44.2 Å². The summed E-state index contributed by atoms with van der Waals surface area (Å²) >= 11 is 1.21. The number of carbonyl (C=O) groups is 1. The first kappa shape index (κ1) is 24.7. The third-order valence-corrected chi connectivity index (χ3v) is 7.36. The molecule has 2 aliphatic rings. The van der Waals surface area contributed by atoms with E-state index in [1.54, 1.807) is 19.2 Å². The number of halogens is 3. The van der Waals surface area contributed by atoms with Crippen LogP contribution in [0.5, 0.6) is 5.19 Å². The molecule has 12 heteroatoms. The summed E-state index contributed by atoms with van der Waals surface area (Å²) < 4.78 is 43.2. The van der Waals surface area contributed by atoms with Crippen LogP contribution in [0.1, 0.15) is 40.3 Å². The standard InChI is InChI=1S/C22H28F3N5O3S/c1-28-17(3-2-4-19(28)31)20(32)27-30-11-6-15(7-12-30)5-9-29-10-8-18-16(13-29)26-21(34-18)33-14-22(23,24)25/h2-4,15H,5-14H2,1H3,(H,27,32). The molecule has 2 aliphatic heterocycles. The fourth-order valence-corrected chi connectivity index (χ4v) is 5.22. The molecule has 1 N–H and O–H groups in total. The van der Waals surface area contributed by atoms with Gasteiger partial charge in [-0.15, -0.1) is 0 Å². The summed E-state index contributed by atoms with van der Waals surface area (Å²) in [4.78, 5) is 31.8. The van der Waals surface area contributed by atoms with Crippen LogP contribution in [0.3, 0.4) is 0 Å². The molecule has 186 valence electrons. The van der Waals surface area contributed by atoms with Gasteiger partial charge in [-0.25, -0.2) is 9.99 Å². The Hall–Kier alpha value is -2.44. The fraction of sp³-hybridized carbons (Fsp3) is 0.591. The molecule has 2 aromatic rings. The number of hydrogen-bond donors (Lipinski definition) is 1. The SMILES string of the molecule is Cn1c(C(=O)NN2CCC(CCN3CCc4sc(OCC(F)(F)F)nc4C3)CC2)cccc1=O. The van der Waals surface area contributed by atoms with E-state index < -0.39 is 12.8 Å². The number of thiazole rings is 1. The van der Waals surface area contributed by atoms with Crippen LogP contribution >= 0.6 is 11.3 Å². The maximum absolute atomic E-state index is 12.5. The first-order valence-electron chi connectivity index (χ1n) is 11.3. The Morgan fingerprint density at radius 2 is 2.03 bits per heavy atom. The second-order valence-electron chi connectivity index (χ2n) is 8.75. The van der Waals surface area contributed by atoms with E-state index in [1.807, 2.05) is 5.01 Å². The van der Waals surface area contributed by atoms with Crippen LogP contribution in [0, 0.1) is 5.92 Å². The second-order valence-corrected chi connectivity index (χ2v) is 9.79. The Labute approximate surface area is 199 Å². The van der Waals surface area contributed by atoms with Crippen LogP contribution in [-0.4, -0.2) is 64.3 Å². The Morgan fingerprint density at radius 1 is 1.26 bits per heavy atom. The molecule has 0 aromatic carbocycles. The lowest BCUT2D eigenvalue weighted by atomic mass is 9.94. The first-order chi connectivity index (χ1) is 16.2. The normalized spacial score (nSPS) is 18.0. The summed E-state index contributed by atoms with van der Waals surface area (Å²) in [7, 11) is 1.58. The van der Waals surface area contributed by atoms with E-state index in [1.165, 1.54) is 22.0 Å². The van der Waals surface area contributed by atoms with Gasteiger partial charge in [-0.05, 0) is 44.2 Å². The summed E-state index contributed by atoms with van der Waals surface area (Å²) in [6.07, 6.45) is -0.657. The highest BCUT2D eigenvalue weighted by Crippen LogP contribution is 2.31. The van der Waals surface area contributed by atoms with Crippen molar-refractivity contribution in [2.45, 2.75) is 38.4 Å². The Morgan fingerprint density at radius 3 is 2.76 bits per heavy atom. The molecule has 0 radical (unpaired) electrons.